The van der Waals surface area contributed by atoms with Gasteiger partial charge in [0.2, 0.25) is 0 Å². The molecule has 1 aromatic carbocycles. The average Bonchev–Trinajstić information content (AvgIpc) is 3.37. The molecule has 0 bridgehead atoms. The van der Waals surface area contributed by atoms with Crippen molar-refractivity contribution in [1.82, 2.24) is 13.5 Å². The molecular formula is C21H29N3O3S2. The van der Waals surface area contributed by atoms with Crippen LogP contribution < -0.4 is 0 Å². The first kappa shape index (κ1) is 20.8. The Morgan fingerprint density at radius 1 is 1.10 bits per heavy atom. The Kier molecular flexibility index (Phi) is 5.97. The van der Waals surface area contributed by atoms with Gasteiger partial charge in [0.25, 0.3) is 16.1 Å². The summed E-state index contributed by atoms with van der Waals surface area (Å²) in [4.78, 5) is 15.2. The number of piperidine rings is 1. The number of hydrogen-bond donors (Lipinski definition) is 0. The van der Waals surface area contributed by atoms with Crippen molar-refractivity contribution in [3.8, 4) is 0 Å². The second-order valence-electron chi connectivity index (χ2n) is 8.18. The molecule has 0 saturated carbocycles. The Morgan fingerprint density at radius 2 is 1.79 bits per heavy atom. The quantitative estimate of drug-likeness (QED) is 0.724. The van der Waals surface area contributed by atoms with Crippen molar-refractivity contribution in [3.63, 3.8) is 0 Å². The van der Waals surface area contributed by atoms with Crippen LogP contribution in [0.4, 0.5) is 0 Å². The van der Waals surface area contributed by atoms with Gasteiger partial charge in [0.15, 0.2) is 0 Å². The lowest BCUT2D eigenvalue weighted by Gasteiger charge is -2.37. The zero-order valence-corrected chi connectivity index (χ0v) is 18.8. The van der Waals surface area contributed by atoms with Gasteiger partial charge in [0.1, 0.15) is 0 Å². The second-order valence-corrected chi connectivity index (χ2v) is 11.1. The monoisotopic (exact) mass is 435 g/mol. The first-order valence-electron chi connectivity index (χ1n) is 10.4. The summed E-state index contributed by atoms with van der Waals surface area (Å²) >= 11 is 1.51. The average molecular weight is 436 g/mol. The third-order valence-electron chi connectivity index (χ3n) is 6.00. The molecule has 0 radical (unpaired) electrons. The first-order chi connectivity index (χ1) is 13.9. The fourth-order valence-electron chi connectivity index (χ4n) is 4.46. The van der Waals surface area contributed by atoms with Gasteiger partial charge in [-0.05, 0) is 49.1 Å². The van der Waals surface area contributed by atoms with Crippen LogP contribution in [0, 0.1) is 0 Å². The molecule has 1 aromatic heterocycles. The molecule has 6 nitrogen and oxygen atoms in total. The number of nitrogens with zero attached hydrogens (tertiary/aromatic N) is 3. The molecule has 29 heavy (non-hydrogen) atoms. The maximum absolute atomic E-state index is 13.3. The van der Waals surface area contributed by atoms with Crippen LogP contribution in [0.2, 0.25) is 0 Å². The third kappa shape index (κ3) is 3.95. The summed E-state index contributed by atoms with van der Waals surface area (Å²) in [5, 5.41) is 1.08. The number of rotatable bonds is 5. The molecule has 0 aliphatic carbocycles. The van der Waals surface area contributed by atoms with Gasteiger partial charge in [-0.3, -0.25) is 4.79 Å². The summed E-state index contributed by atoms with van der Waals surface area (Å²) in [5.41, 5.74) is 0.998. The van der Waals surface area contributed by atoms with Gasteiger partial charge >= 0.3 is 0 Å². The van der Waals surface area contributed by atoms with E-state index in [1.807, 2.05) is 18.2 Å². The van der Waals surface area contributed by atoms with Gasteiger partial charge in [-0.25, -0.2) is 0 Å². The highest BCUT2D eigenvalue weighted by atomic mass is 32.2. The van der Waals surface area contributed by atoms with Crippen LogP contribution in [0.1, 0.15) is 47.3 Å². The van der Waals surface area contributed by atoms with Crippen LogP contribution in [0.25, 0.3) is 10.1 Å². The van der Waals surface area contributed by atoms with E-state index in [-0.39, 0.29) is 11.9 Å². The van der Waals surface area contributed by atoms with E-state index in [2.05, 4.69) is 6.07 Å². The van der Waals surface area contributed by atoms with E-state index in [4.69, 9.17) is 0 Å². The molecule has 1 amide bonds. The van der Waals surface area contributed by atoms with E-state index in [1.165, 1.54) is 11.3 Å². The molecule has 1 atom stereocenters. The van der Waals surface area contributed by atoms with Gasteiger partial charge < -0.3 is 4.90 Å². The van der Waals surface area contributed by atoms with Gasteiger partial charge in [-0.15, -0.1) is 11.3 Å². The third-order valence-corrected chi connectivity index (χ3v) is 9.29. The van der Waals surface area contributed by atoms with Gasteiger partial charge in [0, 0.05) is 44.5 Å². The molecule has 2 aliphatic rings. The minimum Gasteiger partial charge on any atom is -0.344 e. The van der Waals surface area contributed by atoms with E-state index < -0.39 is 10.2 Å². The van der Waals surface area contributed by atoms with Crippen LogP contribution in [-0.4, -0.2) is 67.6 Å². The lowest BCUT2D eigenvalue weighted by Crippen LogP contribution is -2.50. The molecule has 2 aliphatic heterocycles. The summed E-state index contributed by atoms with van der Waals surface area (Å²) in [7, 11) is 0.0882. The molecule has 2 aromatic rings. The van der Waals surface area contributed by atoms with Crippen LogP contribution in [0.15, 0.2) is 24.3 Å². The molecule has 158 valence electrons. The van der Waals surface area contributed by atoms with E-state index in [0.717, 1.165) is 52.6 Å². The van der Waals surface area contributed by atoms with E-state index >= 15 is 0 Å². The van der Waals surface area contributed by atoms with Crippen LogP contribution in [0.5, 0.6) is 0 Å². The van der Waals surface area contributed by atoms with Crippen molar-refractivity contribution >= 4 is 37.5 Å². The fourth-order valence-corrected chi connectivity index (χ4v) is 7.65. The minimum absolute atomic E-state index is 0.00837. The van der Waals surface area contributed by atoms with Crippen LogP contribution >= 0.6 is 11.3 Å². The molecule has 0 N–H and O–H groups in total. The normalized spacial score (nSPS) is 21.7. The standard InChI is InChI=1S/C21H29N3O3S2/c1-22(2)21(25)20-18(17-10-3-4-11-19(17)28-20)15-16-9-5-6-14-24(16)29(26,27)23-12-7-8-13-23/h3-4,10-11,16H,5-9,12-15H2,1-2H3/t16-/m0/s1. The topological polar surface area (TPSA) is 60.9 Å². The van der Waals surface area contributed by atoms with Gasteiger partial charge in [-0.1, -0.05) is 24.6 Å². The highest BCUT2D eigenvalue weighted by Gasteiger charge is 2.38. The Morgan fingerprint density at radius 3 is 2.52 bits per heavy atom. The number of amides is 1. The predicted octanol–water partition coefficient (Wildman–Crippen LogP) is 3.34. The summed E-state index contributed by atoms with van der Waals surface area (Å²) in [6, 6.07) is 7.96. The predicted molar refractivity (Wildman–Crippen MR) is 118 cm³/mol. The van der Waals surface area contributed by atoms with Crippen molar-refractivity contribution in [3.05, 3.63) is 34.7 Å². The zero-order chi connectivity index (χ0) is 20.6. The van der Waals surface area contributed by atoms with Crippen molar-refractivity contribution in [2.75, 3.05) is 33.7 Å². The van der Waals surface area contributed by atoms with Gasteiger partial charge in [0.05, 0.1) is 4.88 Å². The Bertz CT molecular complexity index is 994. The molecule has 4 rings (SSSR count). The second kappa shape index (κ2) is 8.34. The maximum atomic E-state index is 13.3. The van der Waals surface area contributed by atoms with Crippen LogP contribution in [0.3, 0.4) is 0 Å². The number of fused-ring (bicyclic) bond motifs is 1. The molecule has 0 unspecified atom stereocenters. The summed E-state index contributed by atoms with van der Waals surface area (Å²) < 4.78 is 31.0. The molecule has 2 fully saturated rings. The Hall–Kier alpha value is -1.48. The Labute approximate surface area is 177 Å². The zero-order valence-electron chi connectivity index (χ0n) is 17.1. The van der Waals surface area contributed by atoms with E-state index in [9.17, 15) is 13.2 Å². The number of benzene rings is 1. The maximum Gasteiger partial charge on any atom is 0.282 e. The smallest absolute Gasteiger partial charge is 0.282 e. The van der Waals surface area contributed by atoms with Gasteiger partial charge in [-0.2, -0.15) is 17.0 Å². The number of carbonyl (C=O) groups is 1. The number of carbonyl (C=O) groups excluding carboxylic acids is 1. The highest BCUT2D eigenvalue weighted by Crippen LogP contribution is 2.36. The molecule has 2 saturated heterocycles. The largest absolute Gasteiger partial charge is 0.344 e. The molecule has 0 spiro atoms. The highest BCUT2D eigenvalue weighted by molar-refractivity contribution is 7.86. The minimum atomic E-state index is -3.44. The fraction of sp³-hybridized carbons (Fsp3) is 0.571. The summed E-state index contributed by atoms with van der Waals surface area (Å²) in [6.45, 7) is 1.82. The van der Waals surface area contributed by atoms with Crippen molar-refractivity contribution in [2.24, 2.45) is 0 Å². The molecular weight excluding hydrogens is 406 g/mol. The molecule has 8 heteroatoms. The summed E-state index contributed by atoms with van der Waals surface area (Å²) in [6.07, 6.45) is 5.23. The lowest BCUT2D eigenvalue weighted by atomic mass is 9.95. The summed E-state index contributed by atoms with van der Waals surface area (Å²) in [5.74, 6) is -0.00837. The lowest BCUT2D eigenvalue weighted by molar-refractivity contribution is 0.0831. The number of hydrogen-bond acceptors (Lipinski definition) is 4. The SMILES string of the molecule is CN(C)C(=O)c1sc2ccccc2c1C[C@@H]1CCCCN1S(=O)(=O)N1CCCC1. The van der Waals surface area contributed by atoms with E-state index in [1.54, 1.807) is 27.6 Å². The Balaban J connectivity index is 1.71. The number of thiophene rings is 1. The van der Waals surface area contributed by atoms with Crippen molar-refractivity contribution in [2.45, 2.75) is 44.6 Å². The van der Waals surface area contributed by atoms with E-state index in [0.29, 0.717) is 26.1 Å². The van der Waals surface area contributed by atoms with Crippen molar-refractivity contribution < 1.29 is 13.2 Å². The first-order valence-corrected chi connectivity index (χ1v) is 12.6. The molecule has 3 heterocycles. The van der Waals surface area contributed by atoms with Crippen molar-refractivity contribution in [1.29, 1.82) is 0 Å². The van der Waals surface area contributed by atoms with Crippen LogP contribution in [-0.2, 0) is 16.6 Å².